The second-order valence-corrected chi connectivity index (χ2v) is 6.76. The van der Waals surface area contributed by atoms with Crippen molar-refractivity contribution in [2.24, 2.45) is 0 Å². The maximum Gasteiger partial charge on any atom is 0.108 e. The fourth-order valence-electron chi connectivity index (χ4n) is 4.35. The Labute approximate surface area is 138 Å². The van der Waals surface area contributed by atoms with E-state index in [0.717, 1.165) is 19.4 Å². The lowest BCUT2D eigenvalue weighted by Gasteiger charge is -2.25. The number of benzene rings is 2. The normalized spacial score (nSPS) is 18.4. The first-order valence-electron chi connectivity index (χ1n) is 8.68. The largest absolute Gasteiger partial charge is 0.303 e. The summed E-state index contributed by atoms with van der Waals surface area (Å²) in [6.45, 7) is 3.58. The maximum absolute atomic E-state index is 10.1. The van der Waals surface area contributed by atoms with Gasteiger partial charge in [0.05, 0.1) is 6.07 Å². The quantitative estimate of drug-likeness (QED) is 0.839. The molecule has 1 fully saturated rings. The summed E-state index contributed by atoms with van der Waals surface area (Å²) >= 11 is 0. The molecule has 0 bridgehead atoms. The van der Waals surface area contributed by atoms with Gasteiger partial charge >= 0.3 is 0 Å². The van der Waals surface area contributed by atoms with Crippen molar-refractivity contribution in [1.29, 1.82) is 5.26 Å². The van der Waals surface area contributed by atoms with E-state index in [1.165, 1.54) is 48.2 Å². The first kappa shape index (κ1) is 14.5. The number of hydrogen-bond acceptors (Lipinski definition) is 2. The highest BCUT2D eigenvalue weighted by Crippen LogP contribution is 2.50. The van der Waals surface area contributed by atoms with Crippen molar-refractivity contribution in [3.63, 3.8) is 0 Å². The average molecular weight is 302 g/mol. The number of rotatable bonds is 4. The van der Waals surface area contributed by atoms with E-state index in [0.29, 0.717) is 0 Å². The highest BCUT2D eigenvalue weighted by Gasteiger charge is 2.42. The molecule has 2 heteroatoms. The molecule has 0 atom stereocenters. The van der Waals surface area contributed by atoms with Crippen LogP contribution in [0.1, 0.15) is 36.8 Å². The summed E-state index contributed by atoms with van der Waals surface area (Å²) in [7, 11) is 0. The van der Waals surface area contributed by atoms with Crippen LogP contribution in [0.2, 0.25) is 0 Å². The first-order valence-corrected chi connectivity index (χ1v) is 8.68. The van der Waals surface area contributed by atoms with E-state index >= 15 is 0 Å². The van der Waals surface area contributed by atoms with Crippen LogP contribution in [0.25, 0.3) is 11.1 Å². The molecule has 23 heavy (non-hydrogen) atoms. The predicted molar refractivity (Wildman–Crippen MR) is 93.2 cm³/mol. The summed E-state index contributed by atoms with van der Waals surface area (Å²) in [5.41, 5.74) is 4.42. The van der Waals surface area contributed by atoms with Gasteiger partial charge in [-0.3, -0.25) is 0 Å². The molecular weight excluding hydrogens is 280 g/mol. The van der Waals surface area contributed by atoms with Gasteiger partial charge < -0.3 is 4.90 Å². The van der Waals surface area contributed by atoms with Crippen LogP contribution in [0.5, 0.6) is 0 Å². The smallest absolute Gasteiger partial charge is 0.108 e. The van der Waals surface area contributed by atoms with Gasteiger partial charge in [-0.15, -0.1) is 0 Å². The van der Waals surface area contributed by atoms with Crippen molar-refractivity contribution in [2.75, 3.05) is 19.6 Å². The van der Waals surface area contributed by atoms with Crippen molar-refractivity contribution < 1.29 is 0 Å². The molecule has 2 nitrogen and oxygen atoms in total. The van der Waals surface area contributed by atoms with Crippen LogP contribution in [0.4, 0.5) is 0 Å². The molecule has 4 rings (SSSR count). The van der Waals surface area contributed by atoms with Gasteiger partial charge in [0.2, 0.25) is 0 Å². The minimum absolute atomic E-state index is 0.465. The summed E-state index contributed by atoms with van der Waals surface area (Å²) < 4.78 is 0. The number of nitrogens with zero attached hydrogens (tertiary/aromatic N) is 2. The molecule has 0 amide bonds. The first-order chi connectivity index (χ1) is 11.3. The third-order valence-corrected chi connectivity index (χ3v) is 5.48. The summed E-state index contributed by atoms with van der Waals surface area (Å²) in [5.74, 6) is 0. The molecule has 0 saturated carbocycles. The predicted octanol–water partition coefficient (Wildman–Crippen LogP) is 4.35. The van der Waals surface area contributed by atoms with Crippen molar-refractivity contribution in [1.82, 2.24) is 4.90 Å². The van der Waals surface area contributed by atoms with Crippen LogP contribution < -0.4 is 0 Å². The van der Waals surface area contributed by atoms with Gasteiger partial charge in [-0.2, -0.15) is 5.26 Å². The Hall–Kier alpha value is -2.11. The molecule has 0 N–H and O–H groups in total. The van der Waals surface area contributed by atoms with E-state index in [9.17, 15) is 5.26 Å². The van der Waals surface area contributed by atoms with Crippen molar-refractivity contribution in [2.45, 2.75) is 31.1 Å². The SMILES string of the molecule is N#CC1(CCCN2CCCC2)c2ccccc2-c2ccccc21. The molecule has 2 aromatic rings. The maximum atomic E-state index is 10.1. The van der Waals surface area contributed by atoms with Gasteiger partial charge in [0.15, 0.2) is 0 Å². The fourth-order valence-corrected chi connectivity index (χ4v) is 4.35. The molecule has 1 saturated heterocycles. The van der Waals surface area contributed by atoms with Crippen LogP contribution >= 0.6 is 0 Å². The van der Waals surface area contributed by atoms with E-state index in [2.05, 4.69) is 59.5 Å². The molecule has 0 radical (unpaired) electrons. The van der Waals surface area contributed by atoms with Gasteiger partial charge in [0, 0.05) is 0 Å². The summed E-state index contributed by atoms with van der Waals surface area (Å²) in [6.07, 6.45) is 4.65. The van der Waals surface area contributed by atoms with E-state index in [1.54, 1.807) is 0 Å². The molecule has 1 aliphatic heterocycles. The third kappa shape index (κ3) is 2.28. The Morgan fingerprint density at radius 1 is 0.913 bits per heavy atom. The number of nitriles is 1. The van der Waals surface area contributed by atoms with Crippen LogP contribution in [0.15, 0.2) is 48.5 Å². The second-order valence-electron chi connectivity index (χ2n) is 6.76. The Balaban J connectivity index is 1.67. The lowest BCUT2D eigenvalue weighted by molar-refractivity contribution is 0.322. The third-order valence-electron chi connectivity index (χ3n) is 5.48. The summed E-state index contributed by atoms with van der Waals surface area (Å²) in [6, 6.07) is 19.6. The molecule has 1 aliphatic carbocycles. The summed E-state index contributed by atoms with van der Waals surface area (Å²) in [5, 5.41) is 10.1. The van der Waals surface area contributed by atoms with Crippen LogP contribution in [-0.2, 0) is 5.41 Å². The van der Waals surface area contributed by atoms with Crippen LogP contribution in [0, 0.1) is 11.3 Å². The zero-order chi connectivity index (χ0) is 15.7. The standard InChI is InChI=1S/C21H22N2/c22-16-21(12-7-15-23-13-5-6-14-23)19-10-3-1-8-17(19)18-9-2-4-11-20(18)21/h1-4,8-11H,5-7,12-15H2. The molecule has 0 aromatic heterocycles. The van der Waals surface area contributed by atoms with Gasteiger partial charge in [-0.25, -0.2) is 0 Å². The highest BCUT2D eigenvalue weighted by atomic mass is 15.1. The zero-order valence-corrected chi connectivity index (χ0v) is 13.5. The Morgan fingerprint density at radius 3 is 2.04 bits per heavy atom. The zero-order valence-electron chi connectivity index (χ0n) is 13.5. The van der Waals surface area contributed by atoms with E-state index in [1.807, 2.05) is 0 Å². The topological polar surface area (TPSA) is 27.0 Å². The summed E-state index contributed by atoms with van der Waals surface area (Å²) in [4.78, 5) is 2.54. The average Bonchev–Trinajstić information content (AvgIpc) is 3.21. The van der Waals surface area contributed by atoms with Crippen molar-refractivity contribution >= 4 is 0 Å². The Kier molecular flexibility index (Phi) is 3.67. The van der Waals surface area contributed by atoms with Gasteiger partial charge in [-0.1, -0.05) is 48.5 Å². The number of likely N-dealkylation sites (tertiary alicyclic amines) is 1. The molecule has 1 heterocycles. The van der Waals surface area contributed by atoms with Crippen LogP contribution in [0.3, 0.4) is 0 Å². The highest BCUT2D eigenvalue weighted by molar-refractivity contribution is 5.82. The number of hydrogen-bond donors (Lipinski definition) is 0. The van der Waals surface area contributed by atoms with E-state index < -0.39 is 5.41 Å². The van der Waals surface area contributed by atoms with E-state index in [-0.39, 0.29) is 0 Å². The molecular formula is C21H22N2. The monoisotopic (exact) mass is 302 g/mol. The van der Waals surface area contributed by atoms with Crippen molar-refractivity contribution in [3.8, 4) is 17.2 Å². The molecule has 0 unspecified atom stereocenters. The Bertz CT molecular complexity index is 705. The lowest BCUT2D eigenvalue weighted by atomic mass is 9.76. The van der Waals surface area contributed by atoms with Gasteiger partial charge in [-0.05, 0) is 67.6 Å². The molecule has 2 aliphatic rings. The Morgan fingerprint density at radius 2 is 1.48 bits per heavy atom. The van der Waals surface area contributed by atoms with Gasteiger partial charge in [0.25, 0.3) is 0 Å². The minimum atomic E-state index is -0.465. The van der Waals surface area contributed by atoms with E-state index in [4.69, 9.17) is 0 Å². The lowest BCUT2D eigenvalue weighted by Crippen LogP contribution is -2.26. The number of fused-ring (bicyclic) bond motifs is 3. The fraction of sp³-hybridized carbons (Fsp3) is 0.381. The molecule has 0 spiro atoms. The molecule has 116 valence electrons. The molecule has 2 aromatic carbocycles. The van der Waals surface area contributed by atoms with Crippen molar-refractivity contribution in [3.05, 3.63) is 59.7 Å². The van der Waals surface area contributed by atoms with Gasteiger partial charge in [0.1, 0.15) is 5.41 Å². The van der Waals surface area contributed by atoms with Crippen LogP contribution in [-0.4, -0.2) is 24.5 Å². The minimum Gasteiger partial charge on any atom is -0.303 e. The second kappa shape index (κ2) is 5.83.